The SMILES string of the molecule is C/C=C1/NC(=O)/C(C)=C/C=C\CC/C(C)=C/C(C)C(O)CCC(C)C/C(=C(/C=O)CC)C1=O. The van der Waals surface area contributed by atoms with Crippen molar-refractivity contribution in [1.29, 1.82) is 0 Å². The van der Waals surface area contributed by atoms with E-state index in [2.05, 4.69) is 18.3 Å². The number of hydrogen-bond acceptors (Lipinski definition) is 4. The smallest absolute Gasteiger partial charge is 0.251 e. The molecule has 0 aromatic heterocycles. The molecule has 0 aromatic rings. The van der Waals surface area contributed by atoms with Gasteiger partial charge >= 0.3 is 0 Å². The van der Waals surface area contributed by atoms with E-state index in [1.807, 2.05) is 32.9 Å². The fourth-order valence-electron chi connectivity index (χ4n) is 3.89. The van der Waals surface area contributed by atoms with Crippen molar-refractivity contribution in [3.63, 3.8) is 0 Å². The molecule has 1 heterocycles. The first kappa shape index (κ1) is 28.5. The van der Waals surface area contributed by atoms with E-state index < -0.39 is 6.10 Å². The first-order chi connectivity index (χ1) is 15.6. The number of ketones is 1. The van der Waals surface area contributed by atoms with E-state index in [0.717, 1.165) is 25.5 Å². The maximum Gasteiger partial charge on any atom is 0.251 e. The fourth-order valence-corrected chi connectivity index (χ4v) is 3.89. The van der Waals surface area contributed by atoms with Gasteiger partial charge in [-0.15, -0.1) is 0 Å². The predicted octanol–water partition coefficient (Wildman–Crippen LogP) is 5.53. The number of rotatable bonds is 2. The van der Waals surface area contributed by atoms with Crippen LogP contribution in [0.15, 0.2) is 58.4 Å². The highest BCUT2D eigenvalue weighted by Crippen LogP contribution is 2.25. The molecular formula is C28H41NO4. The predicted molar refractivity (Wildman–Crippen MR) is 134 cm³/mol. The van der Waals surface area contributed by atoms with Crippen molar-refractivity contribution in [3.8, 4) is 0 Å². The van der Waals surface area contributed by atoms with Crippen LogP contribution in [0.4, 0.5) is 0 Å². The van der Waals surface area contributed by atoms with Gasteiger partial charge in [-0.25, -0.2) is 0 Å². The minimum absolute atomic E-state index is 0.0414. The minimum Gasteiger partial charge on any atom is -0.393 e. The molecule has 1 aliphatic heterocycles. The lowest BCUT2D eigenvalue weighted by Crippen LogP contribution is -2.29. The minimum atomic E-state index is -0.462. The van der Waals surface area contributed by atoms with E-state index in [1.165, 1.54) is 5.57 Å². The zero-order chi connectivity index (χ0) is 25.0. The van der Waals surface area contributed by atoms with Gasteiger partial charge in [-0.2, -0.15) is 0 Å². The number of amides is 1. The number of aliphatic hydroxyl groups is 1. The summed E-state index contributed by atoms with van der Waals surface area (Å²) in [6.07, 6.45) is 13.5. The van der Waals surface area contributed by atoms with Crippen molar-refractivity contribution in [2.24, 2.45) is 11.8 Å². The van der Waals surface area contributed by atoms with E-state index in [9.17, 15) is 19.5 Å². The number of aldehydes is 1. The van der Waals surface area contributed by atoms with Crippen molar-refractivity contribution < 1.29 is 19.5 Å². The summed E-state index contributed by atoms with van der Waals surface area (Å²) in [4.78, 5) is 37.7. The summed E-state index contributed by atoms with van der Waals surface area (Å²) in [7, 11) is 0. The van der Waals surface area contributed by atoms with E-state index in [0.29, 0.717) is 36.0 Å². The van der Waals surface area contributed by atoms with Crippen LogP contribution in [-0.2, 0) is 14.4 Å². The van der Waals surface area contributed by atoms with E-state index in [-0.39, 0.29) is 29.2 Å². The lowest BCUT2D eigenvalue weighted by Gasteiger charge is -2.21. The molecule has 182 valence electrons. The highest BCUT2D eigenvalue weighted by Gasteiger charge is 2.23. The van der Waals surface area contributed by atoms with E-state index in [4.69, 9.17) is 0 Å². The standard InChI is InChI=1S/C28H41NO4/c1-7-23(18-30)24-17-20(4)14-15-26(31)22(6)16-19(3)12-10-9-11-13-21(5)28(33)29-25(8-2)27(24)32/h8-9,11,13,16,18,20,22,26,31H,7,10,12,14-15,17H2,1-6H3,(H,29,33)/b11-9-,19-16+,21-13+,24-23-,25-8+. The Hall–Kier alpha value is -2.53. The zero-order valence-electron chi connectivity index (χ0n) is 21.1. The Bertz CT molecular complexity index is 857. The highest BCUT2D eigenvalue weighted by atomic mass is 16.3. The van der Waals surface area contributed by atoms with Crippen molar-refractivity contribution in [1.82, 2.24) is 5.32 Å². The van der Waals surface area contributed by atoms with Crippen LogP contribution >= 0.6 is 0 Å². The number of allylic oxidation sites excluding steroid dienone is 7. The van der Waals surface area contributed by atoms with Crippen LogP contribution in [0.25, 0.3) is 0 Å². The molecule has 0 saturated heterocycles. The van der Waals surface area contributed by atoms with E-state index >= 15 is 0 Å². The number of Topliss-reactive ketones (excluding diaryl/α,β-unsaturated/α-hetero) is 1. The van der Waals surface area contributed by atoms with Gasteiger partial charge in [0.15, 0.2) is 0 Å². The van der Waals surface area contributed by atoms with Crippen LogP contribution in [0.3, 0.4) is 0 Å². The van der Waals surface area contributed by atoms with Gasteiger partial charge in [0.05, 0.1) is 11.8 Å². The molecule has 0 bridgehead atoms. The van der Waals surface area contributed by atoms with Crippen LogP contribution in [0.5, 0.6) is 0 Å². The zero-order valence-corrected chi connectivity index (χ0v) is 21.1. The first-order valence-corrected chi connectivity index (χ1v) is 12.0. The average Bonchev–Trinajstić information content (AvgIpc) is 2.79. The third-order valence-corrected chi connectivity index (χ3v) is 6.17. The van der Waals surface area contributed by atoms with Crippen LogP contribution in [0.1, 0.15) is 80.1 Å². The quantitative estimate of drug-likeness (QED) is 0.326. The molecule has 5 heteroatoms. The molecule has 0 fully saturated rings. The van der Waals surface area contributed by atoms with Crippen molar-refractivity contribution in [2.45, 2.75) is 86.2 Å². The van der Waals surface area contributed by atoms with Crippen molar-refractivity contribution >= 4 is 18.0 Å². The largest absolute Gasteiger partial charge is 0.393 e. The Labute approximate surface area is 199 Å². The van der Waals surface area contributed by atoms with Gasteiger partial charge in [0.25, 0.3) is 5.91 Å². The fraction of sp³-hybridized carbons (Fsp3) is 0.536. The van der Waals surface area contributed by atoms with Crippen molar-refractivity contribution in [3.05, 3.63) is 58.4 Å². The van der Waals surface area contributed by atoms with Gasteiger partial charge in [-0.1, -0.05) is 56.7 Å². The molecule has 33 heavy (non-hydrogen) atoms. The van der Waals surface area contributed by atoms with Crippen LogP contribution in [0.2, 0.25) is 0 Å². The maximum atomic E-state index is 13.3. The molecular weight excluding hydrogens is 414 g/mol. The summed E-state index contributed by atoms with van der Waals surface area (Å²) >= 11 is 0. The Morgan fingerprint density at radius 3 is 2.52 bits per heavy atom. The molecule has 0 aliphatic carbocycles. The average molecular weight is 456 g/mol. The second kappa shape index (κ2) is 14.6. The molecule has 2 N–H and O–H groups in total. The summed E-state index contributed by atoms with van der Waals surface area (Å²) in [5, 5.41) is 13.4. The number of nitrogens with one attached hydrogen (secondary N) is 1. The van der Waals surface area contributed by atoms with Gasteiger partial charge in [0.2, 0.25) is 5.78 Å². The molecule has 3 unspecified atom stereocenters. The van der Waals surface area contributed by atoms with Crippen molar-refractivity contribution in [2.75, 3.05) is 0 Å². The van der Waals surface area contributed by atoms with Gasteiger partial charge in [0.1, 0.15) is 6.29 Å². The third kappa shape index (κ3) is 9.47. The van der Waals surface area contributed by atoms with Gasteiger partial charge in [-0.3, -0.25) is 14.4 Å². The summed E-state index contributed by atoms with van der Waals surface area (Å²) in [6, 6.07) is 0. The molecule has 0 radical (unpaired) electrons. The highest BCUT2D eigenvalue weighted by molar-refractivity contribution is 6.13. The lowest BCUT2D eigenvalue weighted by molar-refractivity contribution is -0.119. The topological polar surface area (TPSA) is 83.5 Å². The molecule has 0 saturated carbocycles. The maximum absolute atomic E-state index is 13.3. The van der Waals surface area contributed by atoms with Gasteiger partial charge in [0, 0.05) is 17.1 Å². The lowest BCUT2D eigenvalue weighted by atomic mass is 9.87. The number of carbonyl (C=O) groups is 3. The molecule has 5 nitrogen and oxygen atoms in total. The molecule has 0 spiro atoms. The Morgan fingerprint density at radius 2 is 1.91 bits per heavy atom. The third-order valence-electron chi connectivity index (χ3n) is 6.17. The normalized spacial score (nSPS) is 31.7. The monoisotopic (exact) mass is 455 g/mol. The number of hydrogen-bond donors (Lipinski definition) is 2. The molecule has 1 rings (SSSR count). The first-order valence-electron chi connectivity index (χ1n) is 12.0. The molecule has 1 aliphatic rings. The number of aliphatic hydroxyl groups excluding tert-OH is 1. The number of carbonyl (C=O) groups excluding carboxylic acids is 3. The summed E-state index contributed by atoms with van der Waals surface area (Å²) < 4.78 is 0. The van der Waals surface area contributed by atoms with Crippen LogP contribution in [0, 0.1) is 11.8 Å². The second-order valence-corrected chi connectivity index (χ2v) is 9.10. The Kier molecular flexibility index (Phi) is 12.6. The van der Waals surface area contributed by atoms with Gasteiger partial charge in [-0.05, 0) is 70.8 Å². The Balaban J connectivity index is 3.34. The Morgan fingerprint density at radius 1 is 1.21 bits per heavy atom. The summed E-state index contributed by atoms with van der Waals surface area (Å²) in [5.41, 5.74) is 2.78. The van der Waals surface area contributed by atoms with E-state index in [1.54, 1.807) is 26.0 Å². The van der Waals surface area contributed by atoms with Crippen LogP contribution < -0.4 is 5.32 Å². The summed E-state index contributed by atoms with van der Waals surface area (Å²) in [6.45, 7) is 11.4. The van der Waals surface area contributed by atoms with Gasteiger partial charge < -0.3 is 10.4 Å². The van der Waals surface area contributed by atoms with Crippen LogP contribution in [-0.4, -0.2) is 29.2 Å². The molecule has 1 amide bonds. The molecule has 3 atom stereocenters. The summed E-state index contributed by atoms with van der Waals surface area (Å²) in [5.74, 6) is -0.530. The molecule has 0 aromatic carbocycles. The second-order valence-electron chi connectivity index (χ2n) is 9.10.